The van der Waals surface area contributed by atoms with Crippen LogP contribution in [0.3, 0.4) is 0 Å². The maximum atomic E-state index is 13.5. The second kappa shape index (κ2) is 8.89. The zero-order valence-corrected chi connectivity index (χ0v) is 20.6. The highest BCUT2D eigenvalue weighted by molar-refractivity contribution is 7.10. The van der Waals surface area contributed by atoms with Crippen molar-refractivity contribution in [1.29, 1.82) is 0 Å². The van der Waals surface area contributed by atoms with E-state index in [2.05, 4.69) is 24.4 Å². The molecule has 32 heavy (non-hydrogen) atoms. The van der Waals surface area contributed by atoms with E-state index in [-0.39, 0.29) is 35.9 Å². The van der Waals surface area contributed by atoms with Crippen LogP contribution in [0.5, 0.6) is 5.75 Å². The van der Waals surface area contributed by atoms with Crippen LogP contribution in [-0.4, -0.2) is 46.8 Å². The van der Waals surface area contributed by atoms with Gasteiger partial charge in [-0.15, -0.1) is 11.3 Å². The molecule has 1 aromatic carbocycles. The largest absolute Gasteiger partial charge is 0.491 e. The van der Waals surface area contributed by atoms with Crippen LogP contribution in [0.4, 0.5) is 0 Å². The smallest absolute Gasteiger partial charge is 0.242 e. The summed E-state index contributed by atoms with van der Waals surface area (Å²) in [5, 5.41) is 2.10. The standard InChI is InChI=1S/C26H34N2O3S/c1-17-6-9-22(18(2)14-17)31-16-21-20-11-13-32-23(20)10-12-27(21)24(29)15-28(26(3,4)5)25(30)19-7-8-19/h6,9,11,13-14,19,21H,7-8,10,12,15-16H2,1-5H3. The van der Waals surface area contributed by atoms with Crippen molar-refractivity contribution in [2.24, 2.45) is 5.92 Å². The molecule has 6 heteroatoms. The number of carbonyl (C=O) groups is 2. The van der Waals surface area contributed by atoms with Gasteiger partial charge in [0.05, 0.1) is 6.04 Å². The Balaban J connectivity index is 1.54. The molecule has 1 aliphatic carbocycles. The number of amides is 2. The lowest BCUT2D eigenvalue weighted by Gasteiger charge is -2.40. The Morgan fingerprint density at radius 1 is 1.19 bits per heavy atom. The first-order chi connectivity index (χ1) is 15.1. The van der Waals surface area contributed by atoms with Gasteiger partial charge in [-0.25, -0.2) is 0 Å². The van der Waals surface area contributed by atoms with Gasteiger partial charge in [0.15, 0.2) is 0 Å². The monoisotopic (exact) mass is 454 g/mol. The number of benzene rings is 1. The fourth-order valence-electron chi connectivity index (χ4n) is 4.43. The van der Waals surface area contributed by atoms with Crippen molar-refractivity contribution in [1.82, 2.24) is 9.80 Å². The number of aryl methyl sites for hydroxylation is 2. The van der Waals surface area contributed by atoms with Crippen molar-refractivity contribution in [2.75, 3.05) is 19.7 Å². The highest BCUT2D eigenvalue weighted by Crippen LogP contribution is 2.36. The lowest BCUT2D eigenvalue weighted by Crippen LogP contribution is -2.53. The van der Waals surface area contributed by atoms with Crippen LogP contribution in [-0.2, 0) is 16.0 Å². The summed E-state index contributed by atoms with van der Waals surface area (Å²) in [5.41, 5.74) is 3.09. The normalized spacial score (nSPS) is 18.3. The van der Waals surface area contributed by atoms with Crippen molar-refractivity contribution in [3.8, 4) is 5.75 Å². The summed E-state index contributed by atoms with van der Waals surface area (Å²) in [6.45, 7) is 11.3. The zero-order chi connectivity index (χ0) is 23.0. The second-order valence-corrected chi connectivity index (χ2v) is 11.1. The van der Waals surface area contributed by atoms with Gasteiger partial charge < -0.3 is 14.5 Å². The lowest BCUT2D eigenvalue weighted by atomic mass is 9.99. The summed E-state index contributed by atoms with van der Waals surface area (Å²) >= 11 is 1.75. The molecule has 5 nitrogen and oxygen atoms in total. The molecule has 0 bridgehead atoms. The molecular formula is C26H34N2O3S. The molecule has 1 fully saturated rings. The van der Waals surface area contributed by atoms with Crippen LogP contribution >= 0.6 is 11.3 Å². The van der Waals surface area contributed by atoms with Crippen molar-refractivity contribution in [3.05, 3.63) is 51.2 Å². The minimum Gasteiger partial charge on any atom is -0.491 e. The molecule has 4 rings (SSSR count). The van der Waals surface area contributed by atoms with Crippen molar-refractivity contribution < 1.29 is 14.3 Å². The van der Waals surface area contributed by atoms with Crippen LogP contribution in [0.15, 0.2) is 29.6 Å². The van der Waals surface area contributed by atoms with Crippen LogP contribution in [0.1, 0.15) is 61.2 Å². The minimum atomic E-state index is -0.385. The van der Waals surface area contributed by atoms with Gasteiger partial charge in [-0.1, -0.05) is 17.7 Å². The second-order valence-electron chi connectivity index (χ2n) is 10.1. The molecule has 0 radical (unpaired) electrons. The van der Waals surface area contributed by atoms with Crippen LogP contribution in [0, 0.1) is 19.8 Å². The third-order valence-electron chi connectivity index (χ3n) is 6.44. The molecule has 1 saturated carbocycles. The van der Waals surface area contributed by atoms with Crippen molar-refractivity contribution in [2.45, 2.75) is 65.5 Å². The van der Waals surface area contributed by atoms with Gasteiger partial charge >= 0.3 is 0 Å². The molecule has 1 unspecified atom stereocenters. The highest BCUT2D eigenvalue weighted by atomic mass is 32.1. The fraction of sp³-hybridized carbons (Fsp3) is 0.538. The van der Waals surface area contributed by atoms with E-state index in [1.165, 1.54) is 16.0 Å². The topological polar surface area (TPSA) is 49.9 Å². The van der Waals surface area contributed by atoms with Crippen molar-refractivity contribution in [3.63, 3.8) is 0 Å². The Hall–Kier alpha value is -2.34. The molecule has 172 valence electrons. The predicted molar refractivity (Wildman–Crippen MR) is 128 cm³/mol. The molecule has 1 aromatic heterocycles. The van der Waals surface area contributed by atoms with E-state index < -0.39 is 0 Å². The molecular weight excluding hydrogens is 420 g/mol. The molecule has 1 aliphatic heterocycles. The average Bonchev–Trinajstić information content (AvgIpc) is 3.46. The summed E-state index contributed by atoms with van der Waals surface area (Å²) in [4.78, 5) is 31.5. The Labute approximate surface area is 195 Å². The Kier molecular flexibility index (Phi) is 6.35. The van der Waals surface area contributed by atoms with E-state index in [1.54, 1.807) is 16.2 Å². The number of rotatable bonds is 6. The van der Waals surface area contributed by atoms with Crippen molar-refractivity contribution >= 4 is 23.2 Å². The predicted octanol–water partition coefficient (Wildman–Crippen LogP) is 4.91. The molecule has 0 spiro atoms. The molecule has 1 atom stereocenters. The molecule has 0 N–H and O–H groups in total. The van der Waals surface area contributed by atoms with E-state index in [9.17, 15) is 9.59 Å². The molecule has 2 amide bonds. The SMILES string of the molecule is Cc1ccc(OCC2c3ccsc3CCN2C(=O)CN(C(=O)C2CC2)C(C)(C)C)c(C)c1. The Morgan fingerprint density at radius 3 is 2.59 bits per heavy atom. The maximum Gasteiger partial charge on any atom is 0.242 e. The summed E-state index contributed by atoms with van der Waals surface area (Å²) in [6, 6.07) is 8.14. The number of hydrogen-bond acceptors (Lipinski definition) is 4. The van der Waals surface area contributed by atoms with Gasteiger partial charge in [0.2, 0.25) is 11.8 Å². The van der Waals surface area contributed by atoms with Crippen LogP contribution in [0.2, 0.25) is 0 Å². The van der Waals surface area contributed by atoms with E-state index in [0.717, 1.165) is 30.6 Å². The number of nitrogens with zero attached hydrogens (tertiary/aromatic N) is 2. The van der Waals surface area contributed by atoms with Gasteiger partial charge in [0.25, 0.3) is 0 Å². The number of ether oxygens (including phenoxy) is 1. The first-order valence-electron chi connectivity index (χ1n) is 11.5. The summed E-state index contributed by atoms with van der Waals surface area (Å²) in [5.74, 6) is 1.06. The van der Waals surface area contributed by atoms with E-state index in [4.69, 9.17) is 4.74 Å². The number of hydrogen-bond donors (Lipinski definition) is 0. The third kappa shape index (κ3) is 4.85. The van der Waals surface area contributed by atoms with Crippen LogP contribution < -0.4 is 4.74 Å². The Bertz CT molecular complexity index is 1000. The average molecular weight is 455 g/mol. The first kappa shape index (κ1) is 22.8. The van der Waals surface area contributed by atoms with Gasteiger partial charge in [-0.2, -0.15) is 0 Å². The highest BCUT2D eigenvalue weighted by Gasteiger charge is 2.40. The third-order valence-corrected chi connectivity index (χ3v) is 7.43. The summed E-state index contributed by atoms with van der Waals surface area (Å²) in [7, 11) is 0. The van der Waals surface area contributed by atoms with E-state index >= 15 is 0 Å². The molecule has 2 aliphatic rings. The maximum absolute atomic E-state index is 13.5. The van der Waals surface area contributed by atoms with Crippen LogP contribution in [0.25, 0.3) is 0 Å². The number of fused-ring (bicyclic) bond motifs is 1. The van der Waals surface area contributed by atoms with Gasteiger partial charge in [-0.3, -0.25) is 9.59 Å². The number of thiophene rings is 1. The fourth-order valence-corrected chi connectivity index (χ4v) is 5.36. The quantitative estimate of drug-likeness (QED) is 0.623. The first-order valence-corrected chi connectivity index (χ1v) is 12.4. The molecule has 2 aromatic rings. The van der Waals surface area contributed by atoms with Gasteiger partial charge in [0.1, 0.15) is 18.9 Å². The molecule has 2 heterocycles. The van der Waals surface area contributed by atoms with Gasteiger partial charge in [-0.05, 0) is 82.5 Å². The summed E-state index contributed by atoms with van der Waals surface area (Å²) in [6.07, 6.45) is 2.73. The number of carbonyl (C=O) groups excluding carboxylic acids is 2. The lowest BCUT2D eigenvalue weighted by molar-refractivity contribution is -0.147. The Morgan fingerprint density at radius 2 is 1.94 bits per heavy atom. The van der Waals surface area contributed by atoms with E-state index in [0.29, 0.717) is 13.2 Å². The summed E-state index contributed by atoms with van der Waals surface area (Å²) < 4.78 is 6.24. The minimum absolute atomic E-state index is 0.00000283. The molecule has 0 saturated heterocycles. The zero-order valence-electron chi connectivity index (χ0n) is 19.8. The van der Waals surface area contributed by atoms with Gasteiger partial charge in [0, 0.05) is 22.9 Å². The van der Waals surface area contributed by atoms with E-state index in [1.807, 2.05) is 44.7 Å².